The molecule has 0 amide bonds. The number of anilines is 1. The third-order valence-electron chi connectivity index (χ3n) is 5.86. The van der Waals surface area contributed by atoms with Gasteiger partial charge in [-0.05, 0) is 68.2 Å². The Bertz CT molecular complexity index is 959. The molecule has 4 rings (SSSR count). The van der Waals surface area contributed by atoms with E-state index in [4.69, 9.17) is 16.3 Å². The second-order valence-electron chi connectivity index (χ2n) is 8.27. The van der Waals surface area contributed by atoms with Gasteiger partial charge in [0.1, 0.15) is 10.8 Å². The molecule has 2 saturated heterocycles. The average molecular weight is 467 g/mol. The van der Waals surface area contributed by atoms with Crippen molar-refractivity contribution >= 4 is 29.2 Å². The van der Waals surface area contributed by atoms with Crippen LogP contribution in [0.5, 0.6) is 0 Å². The second kappa shape index (κ2) is 10.3. The van der Waals surface area contributed by atoms with Crippen LogP contribution in [0.4, 0.5) is 10.1 Å². The first-order chi connectivity index (χ1) is 15.0. The summed E-state index contributed by atoms with van der Waals surface area (Å²) in [5.74, 6) is 0.229. The number of hydrogen-bond donors (Lipinski definition) is 1. The molecular formula is C22H28ClFN4O2S. The summed E-state index contributed by atoms with van der Waals surface area (Å²) in [6, 6.07) is 5.28. The van der Waals surface area contributed by atoms with Crippen molar-refractivity contribution in [3.63, 3.8) is 0 Å². The molecule has 0 saturated carbocycles. The highest BCUT2D eigenvalue weighted by Crippen LogP contribution is 2.31. The van der Waals surface area contributed by atoms with Gasteiger partial charge in [-0.3, -0.25) is 4.79 Å². The molecule has 2 aliphatic heterocycles. The van der Waals surface area contributed by atoms with Crippen molar-refractivity contribution < 1.29 is 9.13 Å². The van der Waals surface area contributed by atoms with Crippen LogP contribution in [-0.4, -0.2) is 46.9 Å². The number of ether oxygens (including phenoxy) is 1. The maximum atomic E-state index is 14.1. The molecule has 1 aromatic carbocycles. The van der Waals surface area contributed by atoms with Gasteiger partial charge in [-0.1, -0.05) is 17.7 Å². The number of piperidine rings is 1. The fourth-order valence-electron chi connectivity index (χ4n) is 4.05. The summed E-state index contributed by atoms with van der Waals surface area (Å²) >= 11 is 7.81. The summed E-state index contributed by atoms with van der Waals surface area (Å²) in [5, 5.41) is 7.85. The zero-order valence-corrected chi connectivity index (χ0v) is 19.2. The van der Waals surface area contributed by atoms with Gasteiger partial charge in [0.05, 0.1) is 29.4 Å². The Morgan fingerprint density at radius 2 is 2.13 bits per heavy atom. The molecule has 0 radical (unpaired) electrons. The monoisotopic (exact) mass is 466 g/mol. The minimum Gasteiger partial charge on any atom is -0.382 e. The van der Waals surface area contributed by atoms with Crippen molar-refractivity contribution in [1.82, 2.24) is 14.1 Å². The maximum absolute atomic E-state index is 14.1. The van der Waals surface area contributed by atoms with Crippen LogP contribution in [0.3, 0.4) is 0 Å². The molecule has 3 heterocycles. The number of nitrogens with one attached hydrogen (secondary N) is 1. The lowest BCUT2D eigenvalue weighted by Gasteiger charge is -2.31. The van der Waals surface area contributed by atoms with E-state index in [0.717, 1.165) is 64.1 Å². The SMILES string of the molecule is Cc1ccc(SN2CCC(n3ncc(NC[C@@H]4CCCOC4)c(Cl)c3=O)CC2)c(F)c1. The fraction of sp³-hybridized carbons (Fsp3) is 0.545. The van der Waals surface area contributed by atoms with Gasteiger partial charge in [-0.2, -0.15) is 5.10 Å². The van der Waals surface area contributed by atoms with Gasteiger partial charge < -0.3 is 10.1 Å². The molecule has 0 unspecified atom stereocenters. The molecule has 6 nitrogen and oxygen atoms in total. The van der Waals surface area contributed by atoms with Crippen LogP contribution in [0, 0.1) is 18.7 Å². The quantitative estimate of drug-likeness (QED) is 0.631. The zero-order valence-electron chi connectivity index (χ0n) is 17.7. The first kappa shape index (κ1) is 22.6. The van der Waals surface area contributed by atoms with Crippen molar-refractivity contribution in [1.29, 1.82) is 0 Å². The maximum Gasteiger partial charge on any atom is 0.287 e. The largest absolute Gasteiger partial charge is 0.382 e. The Morgan fingerprint density at radius 3 is 2.84 bits per heavy atom. The number of benzene rings is 1. The van der Waals surface area contributed by atoms with Crippen LogP contribution in [-0.2, 0) is 4.74 Å². The third kappa shape index (κ3) is 5.61. The average Bonchev–Trinajstić information content (AvgIpc) is 2.78. The van der Waals surface area contributed by atoms with E-state index < -0.39 is 0 Å². The van der Waals surface area contributed by atoms with Crippen LogP contribution in [0.1, 0.15) is 37.3 Å². The molecule has 31 heavy (non-hydrogen) atoms. The normalized spacial score (nSPS) is 20.7. The van der Waals surface area contributed by atoms with E-state index in [-0.39, 0.29) is 22.4 Å². The smallest absolute Gasteiger partial charge is 0.287 e. The van der Waals surface area contributed by atoms with Gasteiger partial charge in [0, 0.05) is 26.2 Å². The number of rotatable bonds is 6. The number of halogens is 2. The number of aryl methyl sites for hydroxylation is 1. The van der Waals surface area contributed by atoms with Crippen molar-refractivity contribution in [3.8, 4) is 0 Å². The lowest BCUT2D eigenvalue weighted by atomic mass is 10.0. The number of aromatic nitrogens is 2. The zero-order chi connectivity index (χ0) is 21.8. The van der Waals surface area contributed by atoms with Crippen LogP contribution in [0.2, 0.25) is 5.02 Å². The minimum atomic E-state index is -0.262. The van der Waals surface area contributed by atoms with Crippen molar-refractivity contribution in [2.24, 2.45) is 5.92 Å². The molecular weight excluding hydrogens is 439 g/mol. The molecule has 2 fully saturated rings. The van der Waals surface area contributed by atoms with Gasteiger partial charge in [0.2, 0.25) is 0 Å². The predicted octanol–water partition coefficient (Wildman–Crippen LogP) is 4.53. The molecule has 9 heteroatoms. The molecule has 0 spiro atoms. The predicted molar refractivity (Wildman–Crippen MR) is 122 cm³/mol. The van der Waals surface area contributed by atoms with Crippen molar-refractivity contribution in [2.45, 2.75) is 43.5 Å². The second-order valence-corrected chi connectivity index (χ2v) is 9.79. The van der Waals surface area contributed by atoms with E-state index in [1.165, 1.54) is 16.6 Å². The van der Waals surface area contributed by atoms with Crippen LogP contribution in [0.25, 0.3) is 0 Å². The van der Waals surface area contributed by atoms with Gasteiger partial charge in [0.25, 0.3) is 5.56 Å². The van der Waals surface area contributed by atoms with Crippen molar-refractivity contribution in [2.75, 3.05) is 38.2 Å². The lowest BCUT2D eigenvalue weighted by molar-refractivity contribution is 0.0595. The van der Waals surface area contributed by atoms with E-state index in [1.54, 1.807) is 12.3 Å². The van der Waals surface area contributed by atoms with Gasteiger partial charge in [0.15, 0.2) is 0 Å². The van der Waals surface area contributed by atoms with Gasteiger partial charge in [-0.15, -0.1) is 0 Å². The van der Waals surface area contributed by atoms with E-state index >= 15 is 0 Å². The molecule has 168 valence electrons. The number of hydrogen-bond acceptors (Lipinski definition) is 6. The Labute approximate surface area is 191 Å². The Kier molecular flexibility index (Phi) is 7.53. The fourth-order valence-corrected chi connectivity index (χ4v) is 5.20. The lowest BCUT2D eigenvalue weighted by Crippen LogP contribution is -2.36. The standard InChI is InChI=1S/C22H28ClFN4O2S/c1-15-4-5-20(18(24)11-15)31-27-8-6-17(7-9-27)28-22(29)21(23)19(13-26-28)25-12-16-3-2-10-30-14-16/h4-5,11,13,16-17,25H,2-3,6-10,12,14H2,1H3/t16-/m0/s1. The Hall–Kier alpha value is -1.61. The van der Waals surface area contributed by atoms with Crippen LogP contribution in [0.15, 0.2) is 34.1 Å². The van der Waals surface area contributed by atoms with Crippen LogP contribution >= 0.6 is 23.5 Å². The van der Waals surface area contributed by atoms with E-state index in [2.05, 4.69) is 14.7 Å². The summed E-state index contributed by atoms with van der Waals surface area (Å²) in [7, 11) is 0. The summed E-state index contributed by atoms with van der Waals surface area (Å²) < 4.78 is 23.3. The topological polar surface area (TPSA) is 59.4 Å². The van der Waals surface area contributed by atoms with Crippen molar-refractivity contribution in [3.05, 3.63) is 51.2 Å². The molecule has 1 aromatic heterocycles. The molecule has 0 aliphatic carbocycles. The highest BCUT2D eigenvalue weighted by molar-refractivity contribution is 7.97. The first-order valence-electron chi connectivity index (χ1n) is 10.8. The van der Waals surface area contributed by atoms with Crippen LogP contribution < -0.4 is 10.9 Å². The minimum absolute atomic E-state index is 0.00879. The summed E-state index contributed by atoms with van der Waals surface area (Å²) in [6.45, 7) is 5.65. The summed E-state index contributed by atoms with van der Waals surface area (Å²) in [5.41, 5.74) is 1.23. The third-order valence-corrected chi connectivity index (χ3v) is 7.38. The summed E-state index contributed by atoms with van der Waals surface area (Å²) in [4.78, 5) is 13.5. The first-order valence-corrected chi connectivity index (χ1v) is 11.9. The molecule has 2 aromatic rings. The number of nitrogens with zero attached hydrogens (tertiary/aromatic N) is 3. The molecule has 0 bridgehead atoms. The highest BCUT2D eigenvalue weighted by atomic mass is 35.5. The van der Waals surface area contributed by atoms with Gasteiger partial charge in [-0.25, -0.2) is 13.4 Å². The van der Waals surface area contributed by atoms with E-state index in [1.807, 2.05) is 19.1 Å². The summed E-state index contributed by atoms with van der Waals surface area (Å²) in [6.07, 6.45) is 5.34. The van der Waals surface area contributed by atoms with E-state index in [0.29, 0.717) is 16.5 Å². The Balaban J connectivity index is 1.34. The molecule has 2 aliphatic rings. The van der Waals surface area contributed by atoms with Gasteiger partial charge >= 0.3 is 0 Å². The Morgan fingerprint density at radius 1 is 1.32 bits per heavy atom. The highest BCUT2D eigenvalue weighted by Gasteiger charge is 2.25. The van der Waals surface area contributed by atoms with E-state index in [9.17, 15) is 9.18 Å². The molecule has 1 N–H and O–H groups in total. The molecule has 1 atom stereocenters.